The molecule has 1 fully saturated rings. The van der Waals surface area contributed by atoms with Crippen LogP contribution in [0.4, 0.5) is 0 Å². The number of hydrogen-bond donors (Lipinski definition) is 0. The van der Waals surface area contributed by atoms with Gasteiger partial charge in [-0.1, -0.05) is 54.6 Å². The van der Waals surface area contributed by atoms with Crippen molar-refractivity contribution in [2.24, 2.45) is 0 Å². The Morgan fingerprint density at radius 2 is 1.31 bits per heavy atom. The summed E-state index contributed by atoms with van der Waals surface area (Å²) in [5.41, 5.74) is 0.771. The molecule has 0 aliphatic carbocycles. The lowest BCUT2D eigenvalue weighted by atomic mass is 9.94. The van der Waals surface area contributed by atoms with Crippen LogP contribution in [0.25, 0.3) is 0 Å². The quantitative estimate of drug-likeness (QED) is 0.138. The van der Waals surface area contributed by atoms with Crippen molar-refractivity contribution < 1.29 is 61.9 Å². The first-order valence-electron chi connectivity index (χ1n) is 17.4. The van der Waals surface area contributed by atoms with Crippen LogP contribution in [-0.4, -0.2) is 89.5 Å². The predicted octanol–water partition coefficient (Wildman–Crippen LogP) is 4.35. The summed E-state index contributed by atoms with van der Waals surface area (Å²) in [7, 11) is 0. The van der Waals surface area contributed by atoms with Crippen molar-refractivity contribution in [3.8, 4) is 5.75 Å². The van der Waals surface area contributed by atoms with Gasteiger partial charge in [-0.25, -0.2) is 4.79 Å². The van der Waals surface area contributed by atoms with Gasteiger partial charge in [-0.3, -0.25) is 28.9 Å². The third-order valence-corrected chi connectivity index (χ3v) is 8.35. The minimum Gasteiger partial charge on any atom is -0.489 e. The van der Waals surface area contributed by atoms with Crippen LogP contribution in [0.2, 0.25) is 0 Å². The van der Waals surface area contributed by atoms with Crippen LogP contribution in [0.5, 0.6) is 5.75 Å². The van der Waals surface area contributed by atoms with Gasteiger partial charge in [0.1, 0.15) is 36.7 Å². The zero-order valence-corrected chi connectivity index (χ0v) is 30.8. The van der Waals surface area contributed by atoms with Crippen molar-refractivity contribution in [2.75, 3.05) is 6.61 Å². The van der Waals surface area contributed by atoms with Gasteiger partial charge in [-0.05, 0) is 56.2 Å². The van der Waals surface area contributed by atoms with E-state index in [4.69, 9.17) is 33.2 Å². The number of benzene rings is 3. The van der Waals surface area contributed by atoms with Gasteiger partial charge in [0.25, 0.3) is 11.8 Å². The molecule has 3 aromatic carbocycles. The average Bonchev–Trinajstić information content (AvgIpc) is 3.36. The molecule has 1 saturated heterocycles. The zero-order chi connectivity index (χ0) is 39.2. The molecule has 0 saturated carbocycles. The van der Waals surface area contributed by atoms with Crippen LogP contribution in [-0.2, 0) is 60.6 Å². The van der Waals surface area contributed by atoms with E-state index in [9.17, 15) is 28.8 Å². The number of hydrogen-bond acceptors (Lipinski definition) is 13. The van der Waals surface area contributed by atoms with E-state index in [0.717, 1.165) is 31.2 Å². The molecule has 2 aliphatic heterocycles. The number of imide groups is 1. The van der Waals surface area contributed by atoms with Crippen LogP contribution in [0, 0.1) is 0 Å². The highest BCUT2D eigenvalue weighted by Gasteiger charge is 2.58. The Balaban J connectivity index is 1.53. The summed E-state index contributed by atoms with van der Waals surface area (Å²) in [5.74, 6) is -4.15. The second-order valence-corrected chi connectivity index (χ2v) is 13.8. The number of fused-ring (bicyclic) bond motifs is 1. The number of carbonyl (C=O) groups is 6. The molecular formula is C40H43NO13. The Kier molecular flexibility index (Phi) is 12.5. The number of amides is 2. The molecule has 1 unspecified atom stereocenters. The molecule has 5 rings (SSSR count). The summed E-state index contributed by atoms with van der Waals surface area (Å²) in [6.07, 6.45) is -7.67. The van der Waals surface area contributed by atoms with Gasteiger partial charge in [0.15, 0.2) is 24.6 Å². The van der Waals surface area contributed by atoms with Crippen LogP contribution in [0.15, 0.2) is 78.9 Å². The van der Waals surface area contributed by atoms with Crippen molar-refractivity contribution in [3.63, 3.8) is 0 Å². The molecule has 0 bridgehead atoms. The number of carbonyl (C=O) groups excluding carboxylic acids is 6. The Bertz CT molecular complexity index is 1820. The molecule has 14 nitrogen and oxygen atoms in total. The molecule has 0 aromatic heterocycles. The maximum absolute atomic E-state index is 14.0. The SMILES string of the molecule is CC(=O)OC[C@H]1O[C@@H](OC(Cc2ccc(OCc3ccccc3)cc2)C(=O)OC(C)(C)C)[C@H](N2C(=O)c3ccccc3C2=O)[C@@H](OC(C)=O)[C@H]1OC(C)=O. The maximum Gasteiger partial charge on any atom is 0.336 e. The molecule has 2 heterocycles. The highest BCUT2D eigenvalue weighted by molar-refractivity contribution is 6.21. The molecule has 0 N–H and O–H groups in total. The summed E-state index contributed by atoms with van der Waals surface area (Å²) in [4.78, 5) is 79.6. The number of rotatable bonds is 13. The van der Waals surface area contributed by atoms with Crippen molar-refractivity contribution in [2.45, 2.75) is 96.9 Å². The van der Waals surface area contributed by atoms with E-state index < -0.39 is 84.6 Å². The summed E-state index contributed by atoms with van der Waals surface area (Å²) >= 11 is 0. The van der Waals surface area contributed by atoms with E-state index in [1.165, 1.54) is 12.1 Å². The van der Waals surface area contributed by atoms with Gasteiger partial charge in [0.2, 0.25) is 0 Å². The second-order valence-electron chi connectivity index (χ2n) is 13.8. The molecule has 14 heteroatoms. The number of nitrogens with zero attached hydrogens (tertiary/aromatic N) is 1. The average molecular weight is 746 g/mol. The first-order chi connectivity index (χ1) is 25.6. The van der Waals surface area contributed by atoms with E-state index in [2.05, 4.69) is 0 Å². The van der Waals surface area contributed by atoms with Crippen LogP contribution in [0.1, 0.15) is 73.4 Å². The van der Waals surface area contributed by atoms with Gasteiger partial charge in [0.05, 0.1) is 11.1 Å². The summed E-state index contributed by atoms with van der Waals surface area (Å²) in [6.45, 7) is 8.20. The molecule has 0 spiro atoms. The van der Waals surface area contributed by atoms with Crippen LogP contribution >= 0.6 is 0 Å². The maximum atomic E-state index is 14.0. The van der Waals surface area contributed by atoms with E-state index >= 15 is 0 Å². The van der Waals surface area contributed by atoms with Crippen LogP contribution < -0.4 is 4.74 Å². The lowest BCUT2D eigenvalue weighted by molar-refractivity contribution is -0.295. The number of esters is 4. The molecule has 6 atom stereocenters. The van der Waals surface area contributed by atoms with Gasteiger partial charge in [-0.2, -0.15) is 0 Å². The predicted molar refractivity (Wildman–Crippen MR) is 189 cm³/mol. The van der Waals surface area contributed by atoms with Gasteiger partial charge < -0.3 is 33.2 Å². The molecule has 2 amide bonds. The molecule has 286 valence electrons. The fourth-order valence-electron chi connectivity index (χ4n) is 6.14. The number of ether oxygens (including phenoxy) is 7. The monoisotopic (exact) mass is 745 g/mol. The lowest BCUT2D eigenvalue weighted by Crippen LogP contribution is -2.68. The zero-order valence-electron chi connectivity index (χ0n) is 30.8. The van der Waals surface area contributed by atoms with Crippen molar-refractivity contribution in [1.29, 1.82) is 0 Å². The molecule has 0 radical (unpaired) electrons. The normalized spacial score (nSPS) is 21.4. The molecule has 2 aliphatic rings. The highest BCUT2D eigenvalue weighted by Crippen LogP contribution is 2.36. The Labute approximate surface area is 312 Å². The van der Waals surface area contributed by atoms with Crippen molar-refractivity contribution >= 4 is 35.7 Å². The standard InChI is InChI=1S/C40H43NO13/c1-23(42)48-22-32-34(50-24(2)43)35(51-25(3)44)33(41-36(45)29-14-10-11-15-30(29)37(41)46)39(53-32)52-31(38(47)54-40(4,5)6)20-26-16-18-28(19-17-26)49-21-27-12-8-7-9-13-27/h7-19,31-35,39H,20-22H2,1-6H3/t31?,32-,33-,34+,35-,39-/m1/s1. The van der Waals surface area contributed by atoms with E-state index in [1.54, 1.807) is 57.2 Å². The third kappa shape index (κ3) is 9.88. The first kappa shape index (κ1) is 39.6. The minimum atomic E-state index is -1.71. The van der Waals surface area contributed by atoms with Gasteiger partial charge in [-0.15, -0.1) is 0 Å². The van der Waals surface area contributed by atoms with E-state index in [-0.39, 0.29) is 17.5 Å². The smallest absolute Gasteiger partial charge is 0.336 e. The Morgan fingerprint density at radius 3 is 1.87 bits per heavy atom. The highest BCUT2D eigenvalue weighted by atomic mass is 16.7. The summed E-state index contributed by atoms with van der Waals surface area (Å²) in [6, 6.07) is 21.0. The van der Waals surface area contributed by atoms with E-state index in [0.29, 0.717) is 17.9 Å². The molecule has 3 aromatic rings. The fourth-order valence-corrected chi connectivity index (χ4v) is 6.14. The van der Waals surface area contributed by atoms with Gasteiger partial charge >= 0.3 is 23.9 Å². The summed E-state index contributed by atoms with van der Waals surface area (Å²) in [5, 5.41) is 0. The van der Waals surface area contributed by atoms with Crippen LogP contribution in [0.3, 0.4) is 0 Å². The molecular weight excluding hydrogens is 702 g/mol. The summed E-state index contributed by atoms with van der Waals surface area (Å²) < 4.78 is 40.8. The minimum absolute atomic E-state index is 0.0622. The molecule has 54 heavy (non-hydrogen) atoms. The fraction of sp³-hybridized carbons (Fsp3) is 0.400. The Hall–Kier alpha value is -5.60. The third-order valence-electron chi connectivity index (χ3n) is 8.35. The first-order valence-corrected chi connectivity index (χ1v) is 17.4. The van der Waals surface area contributed by atoms with Gasteiger partial charge in [0, 0.05) is 27.2 Å². The van der Waals surface area contributed by atoms with Crippen molar-refractivity contribution in [3.05, 3.63) is 101 Å². The topological polar surface area (TPSA) is 170 Å². The largest absolute Gasteiger partial charge is 0.489 e. The second kappa shape index (κ2) is 17.0. The van der Waals surface area contributed by atoms with E-state index in [1.807, 2.05) is 30.3 Å². The Morgan fingerprint density at radius 1 is 0.741 bits per heavy atom. The lowest BCUT2D eigenvalue weighted by Gasteiger charge is -2.47. The van der Waals surface area contributed by atoms with Crippen molar-refractivity contribution in [1.82, 2.24) is 4.90 Å².